The molecule has 4 heteroatoms. The third kappa shape index (κ3) is 2.95. The van der Waals surface area contributed by atoms with E-state index in [0.717, 1.165) is 29.8 Å². The molecule has 0 aromatic heterocycles. The summed E-state index contributed by atoms with van der Waals surface area (Å²) in [6, 6.07) is 8.19. The van der Waals surface area contributed by atoms with Gasteiger partial charge in [-0.05, 0) is 37.0 Å². The first-order valence-corrected chi connectivity index (χ1v) is 8.42. The van der Waals surface area contributed by atoms with E-state index in [0.29, 0.717) is 6.04 Å². The van der Waals surface area contributed by atoms with Crippen LogP contribution in [0.25, 0.3) is 0 Å². The van der Waals surface area contributed by atoms with Crippen LogP contribution in [0.4, 0.5) is 0 Å². The number of amides is 1. The number of nitrogens with zero attached hydrogens (tertiary/aromatic N) is 1. The summed E-state index contributed by atoms with van der Waals surface area (Å²) < 4.78 is 0. The van der Waals surface area contributed by atoms with E-state index in [1.807, 2.05) is 18.2 Å². The van der Waals surface area contributed by atoms with Crippen LogP contribution >= 0.6 is 11.6 Å². The van der Waals surface area contributed by atoms with Gasteiger partial charge in [0, 0.05) is 11.1 Å². The third-order valence-corrected chi connectivity index (χ3v) is 4.97. The Hall–Kier alpha value is -1.06. The summed E-state index contributed by atoms with van der Waals surface area (Å²) >= 11 is 6.13. The minimum absolute atomic E-state index is 0.0238. The van der Waals surface area contributed by atoms with E-state index in [4.69, 9.17) is 11.6 Å². The number of carbonyl (C=O) groups excluding carboxylic acids is 1. The highest BCUT2D eigenvalue weighted by molar-refractivity contribution is 6.30. The fraction of sp³-hybridized carbons (Fsp3) is 0.588. The summed E-state index contributed by atoms with van der Waals surface area (Å²) in [5, 5.41) is 4.23. The Bertz CT molecular complexity index is 513. The summed E-state index contributed by atoms with van der Waals surface area (Å²) in [6.07, 6.45) is 6.82. The number of carbonyl (C=O) groups is 1. The monoisotopic (exact) mass is 306 g/mol. The molecule has 1 heterocycles. The van der Waals surface area contributed by atoms with Crippen molar-refractivity contribution >= 4 is 17.5 Å². The topological polar surface area (TPSA) is 32.3 Å². The van der Waals surface area contributed by atoms with E-state index < -0.39 is 0 Å². The molecule has 1 aliphatic heterocycles. The molecule has 1 aliphatic carbocycles. The molecule has 0 bridgehead atoms. The molecule has 3 nitrogen and oxygen atoms in total. The van der Waals surface area contributed by atoms with Crippen LogP contribution in [0.3, 0.4) is 0 Å². The van der Waals surface area contributed by atoms with Crippen LogP contribution in [0.2, 0.25) is 5.02 Å². The lowest BCUT2D eigenvalue weighted by Crippen LogP contribution is -2.41. The molecule has 21 heavy (non-hydrogen) atoms. The Labute approximate surface area is 131 Å². The van der Waals surface area contributed by atoms with Crippen LogP contribution in [-0.2, 0) is 4.79 Å². The minimum atomic E-state index is -0.0593. The van der Waals surface area contributed by atoms with E-state index in [9.17, 15) is 4.79 Å². The zero-order chi connectivity index (χ0) is 14.8. The van der Waals surface area contributed by atoms with Crippen LogP contribution in [0, 0.1) is 0 Å². The minimum Gasteiger partial charge on any atom is -0.319 e. The van der Waals surface area contributed by atoms with E-state index in [1.54, 1.807) is 0 Å². The maximum Gasteiger partial charge on any atom is 0.241 e. The molecular weight excluding hydrogens is 284 g/mol. The fourth-order valence-electron chi connectivity index (χ4n) is 3.63. The SMILES string of the molecule is CCC1NC(c2cccc(Cl)c2)N(C2CCCCC2)C1=O. The molecule has 1 aromatic rings. The first-order valence-electron chi connectivity index (χ1n) is 8.04. The average molecular weight is 307 g/mol. The van der Waals surface area contributed by atoms with E-state index in [1.165, 1.54) is 19.3 Å². The van der Waals surface area contributed by atoms with Crippen molar-refractivity contribution in [1.82, 2.24) is 10.2 Å². The molecule has 0 radical (unpaired) electrons. The maximum absolute atomic E-state index is 12.7. The molecule has 1 N–H and O–H groups in total. The first kappa shape index (κ1) is 14.9. The molecule has 2 aliphatic rings. The van der Waals surface area contributed by atoms with Gasteiger partial charge in [-0.3, -0.25) is 10.1 Å². The van der Waals surface area contributed by atoms with Crippen molar-refractivity contribution in [3.05, 3.63) is 34.9 Å². The van der Waals surface area contributed by atoms with Crippen LogP contribution in [0.1, 0.15) is 57.2 Å². The second-order valence-corrected chi connectivity index (χ2v) is 6.56. The number of rotatable bonds is 3. The Morgan fingerprint density at radius 1 is 1.29 bits per heavy atom. The van der Waals surface area contributed by atoms with Gasteiger partial charge in [-0.2, -0.15) is 0 Å². The lowest BCUT2D eigenvalue weighted by Gasteiger charge is -2.35. The summed E-state index contributed by atoms with van der Waals surface area (Å²) in [5.74, 6) is 0.259. The van der Waals surface area contributed by atoms with Crippen LogP contribution in [-0.4, -0.2) is 22.9 Å². The predicted octanol–water partition coefficient (Wildman–Crippen LogP) is 3.88. The van der Waals surface area contributed by atoms with Gasteiger partial charge in [0.25, 0.3) is 0 Å². The number of nitrogens with one attached hydrogen (secondary N) is 1. The number of halogens is 1. The van der Waals surface area contributed by atoms with Crippen molar-refractivity contribution in [2.24, 2.45) is 0 Å². The molecule has 2 fully saturated rings. The average Bonchev–Trinajstić information content (AvgIpc) is 2.85. The largest absolute Gasteiger partial charge is 0.319 e. The molecule has 3 rings (SSSR count). The van der Waals surface area contributed by atoms with Crippen molar-refractivity contribution in [3.8, 4) is 0 Å². The Kier molecular flexibility index (Phi) is 4.51. The van der Waals surface area contributed by atoms with E-state index >= 15 is 0 Å². The zero-order valence-electron chi connectivity index (χ0n) is 12.5. The van der Waals surface area contributed by atoms with Gasteiger partial charge < -0.3 is 4.90 Å². The second-order valence-electron chi connectivity index (χ2n) is 6.12. The molecule has 1 saturated heterocycles. The smallest absolute Gasteiger partial charge is 0.241 e. The lowest BCUT2D eigenvalue weighted by atomic mass is 9.93. The van der Waals surface area contributed by atoms with Gasteiger partial charge >= 0.3 is 0 Å². The Morgan fingerprint density at radius 2 is 2.05 bits per heavy atom. The highest BCUT2D eigenvalue weighted by atomic mass is 35.5. The lowest BCUT2D eigenvalue weighted by molar-refractivity contribution is -0.133. The quantitative estimate of drug-likeness (QED) is 0.919. The van der Waals surface area contributed by atoms with Gasteiger partial charge in [0.05, 0.1) is 6.04 Å². The van der Waals surface area contributed by atoms with Crippen LogP contribution < -0.4 is 5.32 Å². The summed E-state index contributed by atoms with van der Waals surface area (Å²) in [5.41, 5.74) is 1.09. The van der Waals surface area contributed by atoms with Gasteiger partial charge in [0.1, 0.15) is 6.17 Å². The van der Waals surface area contributed by atoms with Crippen LogP contribution in [0.5, 0.6) is 0 Å². The molecule has 114 valence electrons. The van der Waals surface area contributed by atoms with Crippen molar-refractivity contribution in [1.29, 1.82) is 0 Å². The van der Waals surface area contributed by atoms with Gasteiger partial charge in [-0.25, -0.2) is 0 Å². The molecule has 1 aromatic carbocycles. The fourth-order valence-corrected chi connectivity index (χ4v) is 3.82. The van der Waals surface area contributed by atoms with Crippen molar-refractivity contribution in [2.75, 3.05) is 0 Å². The normalized spacial score (nSPS) is 27.3. The standard InChI is InChI=1S/C17H23ClN2O/c1-2-15-17(21)20(14-9-4-3-5-10-14)16(19-15)12-7-6-8-13(18)11-12/h6-8,11,14-16,19H,2-5,9-10H2,1H3. The number of benzene rings is 1. The highest BCUT2D eigenvalue weighted by Crippen LogP contribution is 2.34. The highest BCUT2D eigenvalue weighted by Gasteiger charge is 2.42. The molecular formula is C17H23ClN2O. The summed E-state index contributed by atoms with van der Waals surface area (Å²) in [4.78, 5) is 14.8. The second kappa shape index (κ2) is 6.37. The van der Waals surface area contributed by atoms with Gasteiger partial charge in [0.2, 0.25) is 5.91 Å². The molecule has 2 unspecified atom stereocenters. The van der Waals surface area contributed by atoms with Crippen molar-refractivity contribution in [2.45, 2.75) is 63.7 Å². The van der Waals surface area contributed by atoms with E-state index in [-0.39, 0.29) is 18.1 Å². The van der Waals surface area contributed by atoms with Gasteiger partial charge in [-0.1, -0.05) is 49.9 Å². The van der Waals surface area contributed by atoms with E-state index in [2.05, 4.69) is 23.2 Å². The van der Waals surface area contributed by atoms with Gasteiger partial charge in [0.15, 0.2) is 0 Å². The third-order valence-electron chi connectivity index (χ3n) is 4.73. The Balaban J connectivity index is 1.90. The van der Waals surface area contributed by atoms with Crippen molar-refractivity contribution < 1.29 is 4.79 Å². The number of hydrogen-bond acceptors (Lipinski definition) is 2. The maximum atomic E-state index is 12.7. The molecule has 1 amide bonds. The predicted molar refractivity (Wildman–Crippen MR) is 85.1 cm³/mol. The van der Waals surface area contributed by atoms with Crippen molar-refractivity contribution in [3.63, 3.8) is 0 Å². The summed E-state index contributed by atoms with van der Waals surface area (Å²) in [6.45, 7) is 2.06. The first-order chi connectivity index (χ1) is 10.2. The molecule has 0 spiro atoms. The molecule has 1 saturated carbocycles. The number of hydrogen-bond donors (Lipinski definition) is 1. The van der Waals surface area contributed by atoms with Crippen LogP contribution in [0.15, 0.2) is 24.3 Å². The Morgan fingerprint density at radius 3 is 2.71 bits per heavy atom. The molecule has 2 atom stereocenters. The zero-order valence-corrected chi connectivity index (χ0v) is 13.3. The summed E-state index contributed by atoms with van der Waals surface area (Å²) in [7, 11) is 0. The van der Waals surface area contributed by atoms with Gasteiger partial charge in [-0.15, -0.1) is 0 Å².